The van der Waals surface area contributed by atoms with E-state index in [1.807, 2.05) is 0 Å². The molecule has 1 heteroatoms. The Hall–Kier alpha value is 0.532. The fourth-order valence-corrected chi connectivity index (χ4v) is 1.06. The van der Waals surface area contributed by atoms with E-state index in [4.69, 9.17) is 0 Å². The second kappa shape index (κ2) is 4.53. The molecule has 0 aromatic rings. The molecule has 0 aromatic carbocycles. The van der Waals surface area contributed by atoms with Crippen molar-refractivity contribution in [3.8, 4) is 0 Å². The molecule has 0 saturated carbocycles. The summed E-state index contributed by atoms with van der Waals surface area (Å²) >= 11 is 1.40. The van der Waals surface area contributed by atoms with E-state index in [0.29, 0.717) is 0 Å². The van der Waals surface area contributed by atoms with Gasteiger partial charge in [-0.3, -0.25) is 0 Å². The lowest BCUT2D eigenvalue weighted by Gasteiger charge is -1.78. The van der Waals surface area contributed by atoms with Crippen LogP contribution in [0.1, 0.15) is 22.6 Å². The van der Waals surface area contributed by atoms with Crippen LogP contribution in [0.4, 0.5) is 0 Å². The van der Waals surface area contributed by atoms with Crippen molar-refractivity contribution in [3.05, 3.63) is 0 Å². The highest BCUT2D eigenvalue weighted by Crippen LogP contribution is 1.86. The lowest BCUT2D eigenvalue weighted by molar-refractivity contribution is 0.884. The Balaban J connectivity index is -0.0000000800. The molecule has 0 rings (SSSR count). The maximum absolute atomic E-state index is 2.23. The van der Waals surface area contributed by atoms with Gasteiger partial charge in [-0.1, -0.05) is 19.8 Å². The van der Waals surface area contributed by atoms with Gasteiger partial charge in [0, 0.05) is 2.85 Å². The molecule has 0 aromatic heterocycles. The van der Waals surface area contributed by atoms with Crippen molar-refractivity contribution in [2.45, 2.75) is 25.0 Å². The van der Waals surface area contributed by atoms with Crippen LogP contribution in [-0.2, 0) is 0 Å². The van der Waals surface area contributed by atoms with Gasteiger partial charge in [-0.2, -0.15) is 0 Å². The summed E-state index contributed by atoms with van der Waals surface area (Å²) < 4.78 is 0. The SMILES string of the molecule is CCC[CH2][AlH2].[HH].[HH]. The summed E-state index contributed by atoms with van der Waals surface area (Å²) in [4.78, 5) is 0. The van der Waals surface area contributed by atoms with Crippen LogP contribution in [0.5, 0.6) is 0 Å². The molecule has 0 atom stereocenters. The van der Waals surface area contributed by atoms with Crippen molar-refractivity contribution < 1.29 is 2.85 Å². The predicted octanol–water partition coefficient (Wildman–Crippen LogP) is 1.33. The Morgan fingerprint density at radius 3 is 2.40 bits per heavy atom. The standard InChI is InChI=1S/C4H9.Al.2H2.2H/c1-3-4-2;;;;;/h1,3-4H2,2H3;;2*1H;;. The Morgan fingerprint density at radius 1 is 1.80 bits per heavy atom. The van der Waals surface area contributed by atoms with E-state index >= 15 is 0 Å². The quantitative estimate of drug-likeness (QED) is 0.449. The minimum absolute atomic E-state index is 0. The normalized spacial score (nSPS) is 8.20. The van der Waals surface area contributed by atoms with Crippen molar-refractivity contribution in [3.63, 3.8) is 0 Å². The molecule has 0 radical (unpaired) electrons. The zero-order valence-electron chi connectivity index (χ0n) is 4.12. The third kappa shape index (κ3) is 4.53. The monoisotopic (exact) mass is 90.1 g/mol. The predicted molar refractivity (Wildman–Crippen MR) is 32.5 cm³/mol. The highest BCUT2D eigenvalue weighted by atomic mass is 27.0. The van der Waals surface area contributed by atoms with Crippen LogP contribution in [0.3, 0.4) is 0 Å². The van der Waals surface area contributed by atoms with Gasteiger partial charge in [0.15, 0.2) is 0 Å². The van der Waals surface area contributed by atoms with E-state index in [-0.39, 0.29) is 2.85 Å². The van der Waals surface area contributed by atoms with Crippen LogP contribution in [0.15, 0.2) is 0 Å². The lowest BCUT2D eigenvalue weighted by atomic mass is 10.4. The third-order valence-corrected chi connectivity index (χ3v) is 1.41. The van der Waals surface area contributed by atoms with Crippen LogP contribution < -0.4 is 0 Å². The van der Waals surface area contributed by atoms with E-state index in [1.54, 1.807) is 0 Å². The van der Waals surface area contributed by atoms with Gasteiger partial charge in [0.25, 0.3) is 0 Å². The first-order valence-electron chi connectivity index (χ1n) is 2.41. The van der Waals surface area contributed by atoms with Crippen LogP contribution in [0.2, 0.25) is 5.28 Å². The summed E-state index contributed by atoms with van der Waals surface area (Å²) in [5, 5.41) is 1.48. The molecule has 0 N–H and O–H groups in total. The summed E-state index contributed by atoms with van der Waals surface area (Å²) in [6.45, 7) is 2.23. The minimum atomic E-state index is 0. The number of unbranched alkanes of at least 4 members (excludes halogenated alkanes) is 1. The van der Waals surface area contributed by atoms with E-state index in [0.717, 1.165) is 0 Å². The fraction of sp³-hybridized carbons (Fsp3) is 1.00. The van der Waals surface area contributed by atoms with Gasteiger partial charge < -0.3 is 0 Å². The molecule has 0 aliphatic heterocycles. The molecule has 0 bridgehead atoms. The zero-order valence-corrected chi connectivity index (χ0v) is 6.12. The first-order chi connectivity index (χ1) is 2.41. The van der Waals surface area contributed by atoms with E-state index in [1.165, 1.54) is 34.4 Å². The largest absolute Gasteiger partial charge is 0.211 e. The topological polar surface area (TPSA) is 0 Å². The van der Waals surface area contributed by atoms with Crippen molar-refractivity contribution in [2.24, 2.45) is 0 Å². The van der Waals surface area contributed by atoms with Gasteiger partial charge in [0.2, 0.25) is 16.3 Å². The maximum Gasteiger partial charge on any atom is 0.211 e. The van der Waals surface area contributed by atoms with Gasteiger partial charge in [0.1, 0.15) is 0 Å². The zero-order chi connectivity index (χ0) is 4.12. The maximum atomic E-state index is 2.23. The molecule has 5 heavy (non-hydrogen) atoms. The second-order valence-electron chi connectivity index (χ2n) is 1.35. The highest BCUT2D eigenvalue weighted by molar-refractivity contribution is 6.08. The van der Waals surface area contributed by atoms with Crippen LogP contribution in [-0.4, -0.2) is 16.3 Å². The van der Waals surface area contributed by atoms with E-state index < -0.39 is 0 Å². The molecule has 0 aliphatic rings. The van der Waals surface area contributed by atoms with Gasteiger partial charge in [-0.15, -0.1) is 5.28 Å². The smallest absolute Gasteiger partial charge is 0.101 e. The summed E-state index contributed by atoms with van der Waals surface area (Å²) in [5.74, 6) is 0. The molecule has 0 unspecified atom stereocenters. The number of hydrogen-bond acceptors (Lipinski definition) is 0. The third-order valence-electron chi connectivity index (χ3n) is 0.707. The van der Waals surface area contributed by atoms with Crippen molar-refractivity contribution in [2.75, 3.05) is 0 Å². The van der Waals surface area contributed by atoms with Crippen LogP contribution in [0, 0.1) is 0 Å². The molecule has 34 valence electrons. The minimum Gasteiger partial charge on any atom is -0.101 e. The summed E-state index contributed by atoms with van der Waals surface area (Å²) in [5.41, 5.74) is 0. The van der Waals surface area contributed by atoms with Crippen molar-refractivity contribution in [1.82, 2.24) is 0 Å². The molecule has 0 fully saturated rings. The van der Waals surface area contributed by atoms with E-state index in [9.17, 15) is 0 Å². The van der Waals surface area contributed by atoms with Crippen molar-refractivity contribution in [1.29, 1.82) is 0 Å². The van der Waals surface area contributed by atoms with Crippen molar-refractivity contribution >= 4 is 16.3 Å². The van der Waals surface area contributed by atoms with E-state index in [2.05, 4.69) is 6.92 Å². The Kier molecular flexibility index (Phi) is 5.02. The van der Waals surface area contributed by atoms with Gasteiger partial charge in [0.05, 0.1) is 0 Å². The fourth-order valence-electron chi connectivity index (χ4n) is 0.354. The Labute approximate surface area is 45.0 Å². The number of hydrogen-bond donors (Lipinski definition) is 0. The summed E-state index contributed by atoms with van der Waals surface area (Å²) in [6, 6.07) is 0. The van der Waals surface area contributed by atoms with Gasteiger partial charge in [-0.25, -0.2) is 0 Å². The van der Waals surface area contributed by atoms with Gasteiger partial charge in [-0.05, 0) is 0 Å². The average molecular weight is 90.1 g/mol. The number of rotatable bonds is 2. The Bertz CT molecular complexity index is 17.2. The Morgan fingerprint density at radius 2 is 2.40 bits per heavy atom. The molecule has 0 aliphatic carbocycles. The first kappa shape index (κ1) is 5.53. The molecule has 0 heterocycles. The van der Waals surface area contributed by atoms with Crippen LogP contribution >= 0.6 is 0 Å². The average Bonchev–Trinajstić information content (AvgIpc) is 1.41. The first-order valence-corrected chi connectivity index (χ1v) is 3.83. The summed E-state index contributed by atoms with van der Waals surface area (Å²) in [7, 11) is 0. The second-order valence-corrected chi connectivity index (χ2v) is 2.35. The molecule has 0 nitrogen and oxygen atoms in total. The van der Waals surface area contributed by atoms with Crippen LogP contribution in [0.25, 0.3) is 0 Å². The molecular weight excluding hydrogens is 75.0 g/mol. The lowest BCUT2D eigenvalue weighted by Crippen LogP contribution is -1.63. The molecule has 0 spiro atoms. The summed E-state index contributed by atoms with van der Waals surface area (Å²) in [6.07, 6.45) is 2.83. The van der Waals surface area contributed by atoms with Gasteiger partial charge >= 0.3 is 0 Å². The molecule has 0 amide bonds. The molecular formula is C4H15Al. The highest BCUT2D eigenvalue weighted by Gasteiger charge is 1.69. The molecule has 0 saturated heterocycles.